The molecule has 2 rings (SSSR count). The summed E-state index contributed by atoms with van der Waals surface area (Å²) in [7, 11) is 0. The normalized spacial score (nSPS) is 10.3. The molecule has 0 aliphatic carbocycles. The monoisotopic (exact) mass is 262 g/mol. The van der Waals surface area contributed by atoms with Gasteiger partial charge in [-0.2, -0.15) is 0 Å². The molecule has 2 aromatic rings. The molecule has 1 heterocycles. The third-order valence-corrected chi connectivity index (χ3v) is 2.62. The number of aryl methyl sites for hydroxylation is 1. The number of aromatic nitrogens is 2. The van der Waals surface area contributed by atoms with Gasteiger partial charge >= 0.3 is 5.97 Å². The zero-order valence-electron chi connectivity index (χ0n) is 9.51. The molecule has 92 valence electrons. The molecular weight excluding hydrogens is 252 g/mol. The Kier molecular flexibility index (Phi) is 3.89. The van der Waals surface area contributed by atoms with Gasteiger partial charge in [-0.3, -0.25) is 4.79 Å². The standard InChI is InChI=1S/C13H11ClN2O2/c14-10-3-1-2-9(8-10)11-6-7-15-12(16-11)4-5-13(17)18/h1-3,6-8H,4-5H2,(H,17,18). The van der Waals surface area contributed by atoms with E-state index < -0.39 is 5.97 Å². The molecule has 4 nitrogen and oxygen atoms in total. The predicted molar refractivity (Wildman–Crippen MR) is 68.4 cm³/mol. The summed E-state index contributed by atoms with van der Waals surface area (Å²) >= 11 is 5.92. The number of rotatable bonds is 4. The van der Waals surface area contributed by atoms with Crippen molar-refractivity contribution in [3.8, 4) is 11.3 Å². The molecule has 0 aliphatic heterocycles. The molecule has 0 spiro atoms. The van der Waals surface area contributed by atoms with Crippen molar-refractivity contribution in [3.63, 3.8) is 0 Å². The van der Waals surface area contributed by atoms with Crippen molar-refractivity contribution in [1.82, 2.24) is 9.97 Å². The van der Waals surface area contributed by atoms with E-state index in [9.17, 15) is 4.79 Å². The van der Waals surface area contributed by atoms with E-state index >= 15 is 0 Å². The minimum Gasteiger partial charge on any atom is -0.481 e. The Morgan fingerprint density at radius 2 is 2.17 bits per heavy atom. The van der Waals surface area contributed by atoms with E-state index in [4.69, 9.17) is 16.7 Å². The molecule has 0 radical (unpaired) electrons. The van der Waals surface area contributed by atoms with Crippen LogP contribution < -0.4 is 0 Å². The van der Waals surface area contributed by atoms with Crippen LogP contribution >= 0.6 is 11.6 Å². The quantitative estimate of drug-likeness (QED) is 0.920. The predicted octanol–water partition coefficient (Wildman–Crippen LogP) is 2.81. The van der Waals surface area contributed by atoms with Crippen molar-refractivity contribution in [2.75, 3.05) is 0 Å². The van der Waals surface area contributed by atoms with E-state index in [1.807, 2.05) is 18.2 Å². The van der Waals surface area contributed by atoms with Crippen molar-refractivity contribution >= 4 is 17.6 Å². The first-order valence-corrected chi connectivity index (χ1v) is 5.82. The van der Waals surface area contributed by atoms with Gasteiger partial charge in [0.25, 0.3) is 0 Å². The third-order valence-electron chi connectivity index (χ3n) is 2.39. The summed E-state index contributed by atoms with van der Waals surface area (Å²) in [5.74, 6) is -0.332. The Morgan fingerprint density at radius 3 is 2.89 bits per heavy atom. The Labute approximate surface area is 109 Å². The van der Waals surface area contributed by atoms with Gasteiger partial charge in [-0.15, -0.1) is 0 Å². The second-order valence-electron chi connectivity index (χ2n) is 3.76. The largest absolute Gasteiger partial charge is 0.481 e. The Morgan fingerprint density at radius 1 is 1.33 bits per heavy atom. The van der Waals surface area contributed by atoms with E-state index in [1.165, 1.54) is 0 Å². The SMILES string of the molecule is O=C(O)CCc1nccc(-c2cccc(Cl)c2)n1. The number of carboxylic acid groups (broad SMARTS) is 1. The Bertz CT molecular complexity index is 572. The fourth-order valence-corrected chi connectivity index (χ4v) is 1.74. The summed E-state index contributed by atoms with van der Waals surface area (Å²) < 4.78 is 0. The highest BCUT2D eigenvalue weighted by atomic mass is 35.5. The third kappa shape index (κ3) is 3.28. The number of aliphatic carboxylic acids is 1. The molecule has 1 aromatic heterocycles. The summed E-state index contributed by atoms with van der Waals surface area (Å²) in [4.78, 5) is 18.9. The minimum absolute atomic E-state index is 0.0268. The van der Waals surface area contributed by atoms with E-state index in [2.05, 4.69) is 9.97 Å². The summed E-state index contributed by atoms with van der Waals surface area (Å²) in [6, 6.07) is 9.12. The van der Waals surface area contributed by atoms with Gasteiger partial charge in [0.2, 0.25) is 0 Å². The molecule has 0 fully saturated rings. The number of hydrogen-bond acceptors (Lipinski definition) is 3. The maximum atomic E-state index is 10.5. The number of nitrogens with zero attached hydrogens (tertiary/aromatic N) is 2. The topological polar surface area (TPSA) is 63.1 Å². The van der Waals surface area contributed by atoms with Gasteiger partial charge in [0.05, 0.1) is 12.1 Å². The maximum absolute atomic E-state index is 10.5. The molecule has 0 unspecified atom stereocenters. The maximum Gasteiger partial charge on any atom is 0.303 e. The van der Waals surface area contributed by atoms with Crippen LogP contribution in [0, 0.1) is 0 Å². The second-order valence-corrected chi connectivity index (χ2v) is 4.20. The van der Waals surface area contributed by atoms with Crippen LogP contribution in [0.25, 0.3) is 11.3 Å². The highest BCUT2D eigenvalue weighted by Gasteiger charge is 2.05. The molecule has 1 N–H and O–H groups in total. The van der Waals surface area contributed by atoms with Crippen molar-refractivity contribution < 1.29 is 9.90 Å². The van der Waals surface area contributed by atoms with Crippen LogP contribution in [0.4, 0.5) is 0 Å². The van der Waals surface area contributed by atoms with Gasteiger partial charge in [0.15, 0.2) is 0 Å². The fraction of sp³-hybridized carbons (Fsp3) is 0.154. The molecule has 1 aromatic carbocycles. The Balaban J connectivity index is 2.24. The van der Waals surface area contributed by atoms with E-state index in [-0.39, 0.29) is 6.42 Å². The number of halogens is 1. The average Bonchev–Trinajstić information content (AvgIpc) is 2.37. The minimum atomic E-state index is -0.855. The summed E-state index contributed by atoms with van der Waals surface area (Å²) in [5, 5.41) is 9.26. The van der Waals surface area contributed by atoms with Crippen molar-refractivity contribution in [3.05, 3.63) is 47.4 Å². The molecule has 0 saturated heterocycles. The number of carbonyl (C=O) groups is 1. The molecule has 0 bridgehead atoms. The van der Waals surface area contributed by atoms with Gasteiger partial charge in [-0.25, -0.2) is 9.97 Å². The van der Waals surface area contributed by atoms with Crippen molar-refractivity contribution in [2.45, 2.75) is 12.8 Å². The molecule has 0 aliphatic rings. The summed E-state index contributed by atoms with van der Waals surface area (Å²) in [5.41, 5.74) is 1.63. The van der Waals surface area contributed by atoms with Gasteiger partial charge in [0.1, 0.15) is 5.82 Å². The molecule has 0 amide bonds. The van der Waals surface area contributed by atoms with Crippen LogP contribution in [0.3, 0.4) is 0 Å². The molecule has 0 saturated carbocycles. The number of hydrogen-bond donors (Lipinski definition) is 1. The second kappa shape index (κ2) is 5.60. The number of carboxylic acids is 1. The van der Waals surface area contributed by atoms with Crippen molar-refractivity contribution in [1.29, 1.82) is 0 Å². The Hall–Kier alpha value is -1.94. The summed E-state index contributed by atoms with van der Waals surface area (Å²) in [6.45, 7) is 0. The molecule has 0 atom stereocenters. The van der Waals surface area contributed by atoms with Crippen LogP contribution in [0.2, 0.25) is 5.02 Å². The van der Waals surface area contributed by atoms with E-state index in [0.717, 1.165) is 11.3 Å². The lowest BCUT2D eigenvalue weighted by molar-refractivity contribution is -0.137. The lowest BCUT2D eigenvalue weighted by Crippen LogP contribution is -2.02. The highest BCUT2D eigenvalue weighted by Crippen LogP contribution is 2.20. The fourth-order valence-electron chi connectivity index (χ4n) is 1.55. The van der Waals surface area contributed by atoms with Gasteiger partial charge < -0.3 is 5.11 Å². The first-order valence-electron chi connectivity index (χ1n) is 5.45. The smallest absolute Gasteiger partial charge is 0.303 e. The first kappa shape index (κ1) is 12.5. The zero-order valence-corrected chi connectivity index (χ0v) is 10.3. The van der Waals surface area contributed by atoms with Crippen LogP contribution in [-0.2, 0) is 11.2 Å². The average molecular weight is 263 g/mol. The van der Waals surface area contributed by atoms with Crippen LogP contribution in [0.15, 0.2) is 36.5 Å². The molecule has 18 heavy (non-hydrogen) atoms. The van der Waals surface area contributed by atoms with Crippen LogP contribution in [-0.4, -0.2) is 21.0 Å². The van der Waals surface area contributed by atoms with Gasteiger partial charge in [-0.1, -0.05) is 23.7 Å². The van der Waals surface area contributed by atoms with Crippen LogP contribution in [0.5, 0.6) is 0 Å². The van der Waals surface area contributed by atoms with Crippen LogP contribution in [0.1, 0.15) is 12.2 Å². The van der Waals surface area contributed by atoms with Crippen molar-refractivity contribution in [2.24, 2.45) is 0 Å². The van der Waals surface area contributed by atoms with E-state index in [1.54, 1.807) is 18.3 Å². The number of benzene rings is 1. The van der Waals surface area contributed by atoms with Gasteiger partial charge in [-0.05, 0) is 18.2 Å². The lowest BCUT2D eigenvalue weighted by atomic mass is 10.1. The first-order chi connectivity index (χ1) is 8.65. The highest BCUT2D eigenvalue weighted by molar-refractivity contribution is 6.30. The molecular formula is C13H11ClN2O2. The molecule has 5 heteroatoms. The summed E-state index contributed by atoms with van der Waals surface area (Å²) in [6.07, 6.45) is 1.98. The zero-order chi connectivity index (χ0) is 13.0. The lowest BCUT2D eigenvalue weighted by Gasteiger charge is -2.03. The van der Waals surface area contributed by atoms with Gasteiger partial charge in [0, 0.05) is 23.2 Å². The van der Waals surface area contributed by atoms with E-state index in [0.29, 0.717) is 17.3 Å².